The summed E-state index contributed by atoms with van der Waals surface area (Å²) in [6.45, 7) is 2.41. The Morgan fingerprint density at radius 2 is 1.93 bits per heavy atom. The van der Waals surface area contributed by atoms with Crippen molar-refractivity contribution in [3.63, 3.8) is 0 Å². The van der Waals surface area contributed by atoms with E-state index < -0.39 is 11.1 Å². The number of benzene rings is 1. The van der Waals surface area contributed by atoms with Crippen molar-refractivity contribution in [3.8, 4) is 11.5 Å². The summed E-state index contributed by atoms with van der Waals surface area (Å²) in [5.41, 5.74) is 0.519. The van der Waals surface area contributed by atoms with Gasteiger partial charge in [0.05, 0.1) is 24.1 Å². The predicted molar refractivity (Wildman–Crippen MR) is 112 cm³/mol. The number of amides is 3. The molecule has 1 aromatic rings. The molecule has 2 fully saturated rings. The topological polar surface area (TPSA) is 76.2 Å². The second-order valence-corrected chi connectivity index (χ2v) is 8.33. The van der Waals surface area contributed by atoms with Crippen LogP contribution in [0.4, 0.5) is 4.79 Å². The highest BCUT2D eigenvalue weighted by Crippen LogP contribution is 2.37. The Morgan fingerprint density at radius 1 is 1.24 bits per heavy atom. The molecule has 0 radical (unpaired) electrons. The van der Waals surface area contributed by atoms with Gasteiger partial charge in [0.15, 0.2) is 11.5 Å². The molecule has 9 heteroatoms. The van der Waals surface area contributed by atoms with Crippen molar-refractivity contribution in [2.75, 3.05) is 27.3 Å². The molecule has 2 aliphatic heterocycles. The number of carbonyl (C=O) groups excluding carboxylic acids is 3. The number of rotatable bonds is 5. The van der Waals surface area contributed by atoms with Crippen LogP contribution >= 0.6 is 23.4 Å². The first-order valence-electron chi connectivity index (χ1n) is 9.32. The molecule has 0 unspecified atom stereocenters. The van der Waals surface area contributed by atoms with Crippen molar-refractivity contribution in [2.45, 2.75) is 32.2 Å². The normalized spacial score (nSPS) is 21.1. The van der Waals surface area contributed by atoms with Crippen LogP contribution in [0.5, 0.6) is 11.5 Å². The van der Waals surface area contributed by atoms with Gasteiger partial charge in [-0.3, -0.25) is 19.3 Å². The van der Waals surface area contributed by atoms with E-state index in [0.29, 0.717) is 28.6 Å². The molecule has 156 valence electrons. The van der Waals surface area contributed by atoms with Crippen LogP contribution < -0.4 is 9.47 Å². The lowest BCUT2D eigenvalue weighted by atomic mass is 10.0. The fourth-order valence-electron chi connectivity index (χ4n) is 3.45. The van der Waals surface area contributed by atoms with Crippen molar-refractivity contribution >= 4 is 46.5 Å². The number of likely N-dealkylation sites (tertiary alicyclic amines) is 1. The molecule has 1 aromatic carbocycles. The number of imide groups is 1. The van der Waals surface area contributed by atoms with Gasteiger partial charge in [-0.05, 0) is 55.7 Å². The molecular weight excluding hydrogens is 416 g/mol. The third-order valence-corrected chi connectivity index (χ3v) is 6.31. The highest BCUT2D eigenvalue weighted by molar-refractivity contribution is 8.18. The molecule has 2 heterocycles. The van der Waals surface area contributed by atoms with Crippen molar-refractivity contribution in [2.24, 2.45) is 0 Å². The first-order valence-corrected chi connectivity index (χ1v) is 10.5. The summed E-state index contributed by atoms with van der Waals surface area (Å²) in [6, 6.07) is 3.34. The Morgan fingerprint density at radius 3 is 2.59 bits per heavy atom. The first kappa shape index (κ1) is 21.5. The van der Waals surface area contributed by atoms with Gasteiger partial charge in [-0.1, -0.05) is 11.6 Å². The van der Waals surface area contributed by atoms with Crippen molar-refractivity contribution < 1.29 is 23.9 Å². The number of methoxy groups -OCH3 is 2. The summed E-state index contributed by atoms with van der Waals surface area (Å²) < 4.78 is 10.5. The zero-order chi connectivity index (χ0) is 21.1. The van der Waals surface area contributed by atoms with E-state index in [2.05, 4.69) is 0 Å². The minimum atomic E-state index is -0.496. The van der Waals surface area contributed by atoms with E-state index in [1.54, 1.807) is 17.0 Å². The molecule has 0 bridgehead atoms. The van der Waals surface area contributed by atoms with Crippen LogP contribution in [0.15, 0.2) is 17.0 Å². The molecule has 3 rings (SSSR count). The molecule has 1 atom stereocenters. The van der Waals surface area contributed by atoms with Crippen LogP contribution in [-0.2, 0) is 9.59 Å². The fraction of sp³-hybridized carbons (Fsp3) is 0.450. The lowest BCUT2D eigenvalue weighted by Crippen LogP contribution is -2.47. The van der Waals surface area contributed by atoms with E-state index >= 15 is 0 Å². The molecule has 0 aliphatic carbocycles. The number of halogens is 1. The van der Waals surface area contributed by atoms with Gasteiger partial charge in [0.25, 0.3) is 11.1 Å². The molecule has 0 N–H and O–H groups in total. The average Bonchev–Trinajstić information content (AvgIpc) is 2.96. The number of thioether (sulfide) groups is 1. The van der Waals surface area contributed by atoms with Crippen LogP contribution in [0.3, 0.4) is 0 Å². The summed E-state index contributed by atoms with van der Waals surface area (Å²) in [5, 5.41) is -0.108. The van der Waals surface area contributed by atoms with Crippen molar-refractivity contribution in [3.05, 3.63) is 27.6 Å². The highest BCUT2D eigenvalue weighted by Gasteiger charge is 2.38. The Labute approximate surface area is 178 Å². The summed E-state index contributed by atoms with van der Waals surface area (Å²) in [7, 11) is 3.00. The summed E-state index contributed by atoms with van der Waals surface area (Å²) >= 11 is 7.07. The third kappa shape index (κ3) is 4.53. The third-order valence-electron chi connectivity index (χ3n) is 5.08. The second-order valence-electron chi connectivity index (χ2n) is 6.93. The van der Waals surface area contributed by atoms with Gasteiger partial charge >= 0.3 is 0 Å². The maximum atomic E-state index is 12.8. The van der Waals surface area contributed by atoms with E-state index in [-0.39, 0.29) is 23.4 Å². The van der Waals surface area contributed by atoms with E-state index in [0.717, 1.165) is 35.9 Å². The van der Waals surface area contributed by atoms with E-state index in [4.69, 9.17) is 21.1 Å². The number of ether oxygens (including phenoxy) is 2. The Bertz CT molecular complexity index is 873. The van der Waals surface area contributed by atoms with Crippen LogP contribution in [-0.4, -0.2) is 60.2 Å². The largest absolute Gasteiger partial charge is 0.493 e. The smallest absolute Gasteiger partial charge is 0.294 e. The molecule has 29 heavy (non-hydrogen) atoms. The van der Waals surface area contributed by atoms with Crippen LogP contribution in [0.25, 0.3) is 6.08 Å². The number of hydrogen-bond acceptors (Lipinski definition) is 6. The van der Waals surface area contributed by atoms with E-state index in [1.807, 2.05) is 6.92 Å². The maximum absolute atomic E-state index is 12.8. The van der Waals surface area contributed by atoms with Crippen molar-refractivity contribution in [1.82, 2.24) is 9.80 Å². The van der Waals surface area contributed by atoms with Gasteiger partial charge < -0.3 is 14.4 Å². The molecule has 2 saturated heterocycles. The summed E-state index contributed by atoms with van der Waals surface area (Å²) in [5.74, 6) is 0.217. The van der Waals surface area contributed by atoms with Crippen LogP contribution in [0, 0.1) is 0 Å². The lowest BCUT2D eigenvalue weighted by Gasteiger charge is -2.34. The maximum Gasteiger partial charge on any atom is 0.294 e. The SMILES string of the molecule is COc1cc(Cl)c(/C=C2\SC(=O)N(CC(=O)N3CCCC[C@H]3C)C2=O)cc1OC. The van der Waals surface area contributed by atoms with Gasteiger partial charge in [-0.15, -0.1) is 0 Å². The average molecular weight is 439 g/mol. The highest BCUT2D eigenvalue weighted by atomic mass is 35.5. The number of piperidine rings is 1. The standard InChI is InChI=1S/C20H23ClN2O5S/c1-12-6-4-5-7-22(12)18(24)11-23-19(25)17(29-20(23)26)9-13-8-15(27-2)16(28-3)10-14(13)21/h8-10,12H,4-7,11H2,1-3H3/b17-9-/t12-/m1/s1. The lowest BCUT2D eigenvalue weighted by molar-refractivity contribution is -0.138. The number of carbonyl (C=O) groups is 3. The first-order chi connectivity index (χ1) is 13.8. The van der Waals surface area contributed by atoms with Gasteiger partial charge in [0.2, 0.25) is 5.91 Å². The number of hydrogen-bond donors (Lipinski definition) is 0. The molecule has 3 amide bonds. The van der Waals surface area contributed by atoms with Gasteiger partial charge in [-0.2, -0.15) is 0 Å². The molecular formula is C20H23ClN2O5S. The quantitative estimate of drug-likeness (QED) is 0.651. The molecule has 7 nitrogen and oxygen atoms in total. The Hall–Kier alpha value is -2.19. The van der Waals surface area contributed by atoms with Gasteiger partial charge in [0.1, 0.15) is 6.54 Å². The van der Waals surface area contributed by atoms with Crippen LogP contribution in [0.1, 0.15) is 31.7 Å². The van der Waals surface area contributed by atoms with Crippen molar-refractivity contribution in [1.29, 1.82) is 0 Å². The summed E-state index contributed by atoms with van der Waals surface area (Å²) in [6.07, 6.45) is 4.49. The molecule has 0 aromatic heterocycles. The van der Waals surface area contributed by atoms with Crippen LogP contribution in [0.2, 0.25) is 5.02 Å². The zero-order valence-corrected chi connectivity index (χ0v) is 18.1. The number of nitrogens with zero attached hydrogens (tertiary/aromatic N) is 2. The van der Waals surface area contributed by atoms with E-state index in [1.165, 1.54) is 20.3 Å². The Balaban J connectivity index is 1.79. The summed E-state index contributed by atoms with van der Waals surface area (Å²) in [4.78, 5) is 40.7. The molecule has 2 aliphatic rings. The monoisotopic (exact) mass is 438 g/mol. The fourth-order valence-corrected chi connectivity index (χ4v) is 4.49. The second kappa shape index (κ2) is 9.09. The van der Waals surface area contributed by atoms with Gasteiger partial charge in [0, 0.05) is 18.7 Å². The zero-order valence-electron chi connectivity index (χ0n) is 16.6. The predicted octanol–water partition coefficient (Wildman–Crippen LogP) is 3.79. The Kier molecular flexibility index (Phi) is 6.74. The van der Waals surface area contributed by atoms with E-state index in [9.17, 15) is 14.4 Å². The molecule has 0 spiro atoms. The van der Waals surface area contributed by atoms with Gasteiger partial charge in [-0.25, -0.2) is 0 Å². The minimum Gasteiger partial charge on any atom is -0.493 e. The minimum absolute atomic E-state index is 0.122. The molecule has 0 saturated carbocycles.